The van der Waals surface area contributed by atoms with Gasteiger partial charge in [0.1, 0.15) is 5.82 Å². The van der Waals surface area contributed by atoms with Crippen LogP contribution in [0.5, 0.6) is 0 Å². The Bertz CT molecular complexity index is 1060. The van der Waals surface area contributed by atoms with Crippen molar-refractivity contribution in [1.82, 2.24) is 9.97 Å². The SMILES string of the molecule is Cc1ccccc1C(=O)c1nc(C)c(C)c(N2CCc3ccccc3C2C)n1. The molecule has 1 aromatic heterocycles. The molecule has 2 heterocycles. The molecule has 28 heavy (non-hydrogen) atoms. The van der Waals surface area contributed by atoms with E-state index < -0.39 is 0 Å². The second-order valence-electron chi connectivity index (χ2n) is 7.54. The molecule has 4 nitrogen and oxygen atoms in total. The van der Waals surface area contributed by atoms with Crippen molar-refractivity contribution < 1.29 is 4.79 Å². The molecule has 4 rings (SSSR count). The van der Waals surface area contributed by atoms with Crippen molar-refractivity contribution in [1.29, 1.82) is 0 Å². The van der Waals surface area contributed by atoms with Gasteiger partial charge in [-0.1, -0.05) is 48.5 Å². The third-order valence-electron chi connectivity index (χ3n) is 5.82. The maximum Gasteiger partial charge on any atom is 0.230 e. The molecule has 0 saturated heterocycles. The van der Waals surface area contributed by atoms with Crippen LogP contribution in [0.2, 0.25) is 0 Å². The molecule has 0 saturated carbocycles. The van der Waals surface area contributed by atoms with Gasteiger partial charge in [-0.3, -0.25) is 4.79 Å². The molecule has 1 aliphatic heterocycles. The Morgan fingerprint density at radius 2 is 1.71 bits per heavy atom. The van der Waals surface area contributed by atoms with Gasteiger partial charge in [0.05, 0.1) is 6.04 Å². The van der Waals surface area contributed by atoms with Gasteiger partial charge in [0.25, 0.3) is 0 Å². The fraction of sp³-hybridized carbons (Fsp3) is 0.292. The van der Waals surface area contributed by atoms with Crippen molar-refractivity contribution in [2.75, 3.05) is 11.4 Å². The summed E-state index contributed by atoms with van der Waals surface area (Å²) in [5, 5.41) is 0. The molecule has 1 atom stereocenters. The predicted octanol–water partition coefficient (Wildman–Crippen LogP) is 4.76. The van der Waals surface area contributed by atoms with Crippen LogP contribution in [0.15, 0.2) is 48.5 Å². The number of nitrogens with zero attached hydrogens (tertiary/aromatic N) is 3. The molecule has 0 spiro atoms. The van der Waals surface area contributed by atoms with E-state index in [4.69, 9.17) is 4.98 Å². The number of carbonyl (C=O) groups is 1. The Labute approximate surface area is 166 Å². The lowest BCUT2D eigenvalue weighted by Gasteiger charge is -2.37. The standard InChI is InChI=1S/C24H25N3O/c1-15-9-5-7-11-20(15)22(28)23-25-17(3)16(2)24(26-23)27-14-13-19-10-6-8-12-21(19)18(27)4/h5-12,18H,13-14H2,1-4H3. The average Bonchev–Trinajstić information content (AvgIpc) is 2.71. The van der Waals surface area contributed by atoms with Crippen LogP contribution >= 0.6 is 0 Å². The lowest BCUT2D eigenvalue weighted by molar-refractivity contribution is 0.102. The first-order valence-electron chi connectivity index (χ1n) is 9.77. The summed E-state index contributed by atoms with van der Waals surface area (Å²) in [4.78, 5) is 24.7. The normalized spacial score (nSPS) is 16.0. The highest BCUT2D eigenvalue weighted by Gasteiger charge is 2.27. The summed E-state index contributed by atoms with van der Waals surface area (Å²) in [7, 11) is 0. The molecular formula is C24H25N3O. The summed E-state index contributed by atoms with van der Waals surface area (Å²) in [5.74, 6) is 1.03. The summed E-state index contributed by atoms with van der Waals surface area (Å²) < 4.78 is 0. The maximum atomic E-state index is 13.1. The van der Waals surface area contributed by atoms with Crippen LogP contribution in [0, 0.1) is 20.8 Å². The summed E-state index contributed by atoms with van der Waals surface area (Å²) >= 11 is 0. The van der Waals surface area contributed by atoms with Crippen molar-refractivity contribution in [3.8, 4) is 0 Å². The van der Waals surface area contributed by atoms with E-state index in [2.05, 4.69) is 41.1 Å². The quantitative estimate of drug-likeness (QED) is 0.623. The number of hydrogen-bond acceptors (Lipinski definition) is 4. The molecule has 4 heteroatoms. The van der Waals surface area contributed by atoms with Gasteiger partial charge in [-0.05, 0) is 50.8 Å². The zero-order valence-corrected chi connectivity index (χ0v) is 16.9. The molecule has 0 fully saturated rings. The number of hydrogen-bond donors (Lipinski definition) is 0. The number of ketones is 1. The van der Waals surface area contributed by atoms with E-state index >= 15 is 0 Å². The first-order chi connectivity index (χ1) is 13.5. The Morgan fingerprint density at radius 1 is 1.00 bits per heavy atom. The Morgan fingerprint density at radius 3 is 2.50 bits per heavy atom. The van der Waals surface area contributed by atoms with Gasteiger partial charge in [-0.15, -0.1) is 0 Å². The van der Waals surface area contributed by atoms with Crippen LogP contribution in [-0.2, 0) is 6.42 Å². The van der Waals surface area contributed by atoms with E-state index in [0.717, 1.165) is 35.6 Å². The Hall–Kier alpha value is -3.01. The zero-order valence-electron chi connectivity index (χ0n) is 16.9. The lowest BCUT2D eigenvalue weighted by Crippen LogP contribution is -2.35. The van der Waals surface area contributed by atoms with Crippen molar-refractivity contribution in [3.63, 3.8) is 0 Å². The molecule has 1 unspecified atom stereocenters. The highest BCUT2D eigenvalue weighted by molar-refractivity contribution is 6.07. The minimum absolute atomic E-state index is 0.118. The molecular weight excluding hydrogens is 346 g/mol. The monoisotopic (exact) mass is 371 g/mol. The van der Waals surface area contributed by atoms with Crippen LogP contribution in [0.3, 0.4) is 0 Å². The number of anilines is 1. The summed E-state index contributed by atoms with van der Waals surface area (Å²) in [6.07, 6.45) is 0.976. The van der Waals surface area contributed by atoms with Crippen molar-refractivity contribution >= 4 is 11.6 Å². The smallest absolute Gasteiger partial charge is 0.230 e. The third-order valence-corrected chi connectivity index (χ3v) is 5.82. The van der Waals surface area contributed by atoms with E-state index in [1.165, 1.54) is 11.1 Å². The average molecular weight is 371 g/mol. The lowest BCUT2D eigenvalue weighted by atomic mass is 9.93. The molecule has 0 bridgehead atoms. The number of rotatable bonds is 3. The zero-order chi connectivity index (χ0) is 19.8. The Balaban J connectivity index is 1.77. The number of aromatic nitrogens is 2. The van der Waals surface area contributed by atoms with Crippen LogP contribution in [0.25, 0.3) is 0 Å². The molecule has 3 aromatic rings. The minimum atomic E-state index is -0.118. The minimum Gasteiger partial charge on any atom is -0.349 e. The first-order valence-corrected chi connectivity index (χ1v) is 9.77. The second-order valence-corrected chi connectivity index (χ2v) is 7.54. The second kappa shape index (κ2) is 7.19. The van der Waals surface area contributed by atoms with Crippen LogP contribution in [0.4, 0.5) is 5.82 Å². The fourth-order valence-corrected chi connectivity index (χ4v) is 4.00. The summed E-state index contributed by atoms with van der Waals surface area (Å²) in [5.41, 5.74) is 6.22. The van der Waals surface area contributed by atoms with Gasteiger partial charge in [-0.2, -0.15) is 0 Å². The van der Waals surface area contributed by atoms with Gasteiger partial charge in [0, 0.05) is 23.4 Å². The number of carbonyl (C=O) groups excluding carboxylic acids is 1. The molecule has 0 aliphatic carbocycles. The number of aryl methyl sites for hydroxylation is 2. The van der Waals surface area contributed by atoms with Crippen LogP contribution < -0.4 is 4.90 Å². The van der Waals surface area contributed by atoms with E-state index in [-0.39, 0.29) is 17.6 Å². The summed E-state index contributed by atoms with van der Waals surface area (Å²) in [6.45, 7) is 9.03. The van der Waals surface area contributed by atoms with E-state index in [1.807, 2.05) is 45.0 Å². The predicted molar refractivity (Wildman–Crippen MR) is 112 cm³/mol. The highest BCUT2D eigenvalue weighted by Crippen LogP contribution is 2.34. The largest absolute Gasteiger partial charge is 0.349 e. The van der Waals surface area contributed by atoms with Crippen molar-refractivity contribution in [3.05, 3.63) is 87.9 Å². The maximum absolute atomic E-state index is 13.1. The fourth-order valence-electron chi connectivity index (χ4n) is 4.00. The summed E-state index contributed by atoms with van der Waals surface area (Å²) in [6, 6.07) is 16.4. The molecule has 1 aliphatic rings. The van der Waals surface area contributed by atoms with E-state index in [9.17, 15) is 4.79 Å². The van der Waals surface area contributed by atoms with Gasteiger partial charge < -0.3 is 4.90 Å². The van der Waals surface area contributed by atoms with Crippen molar-refractivity contribution in [2.24, 2.45) is 0 Å². The van der Waals surface area contributed by atoms with Gasteiger partial charge in [0.2, 0.25) is 11.6 Å². The van der Waals surface area contributed by atoms with Crippen LogP contribution in [0.1, 0.15) is 57.1 Å². The topological polar surface area (TPSA) is 46.1 Å². The first kappa shape index (κ1) is 18.4. The molecule has 142 valence electrons. The van der Waals surface area contributed by atoms with E-state index in [1.54, 1.807) is 0 Å². The van der Waals surface area contributed by atoms with Gasteiger partial charge >= 0.3 is 0 Å². The van der Waals surface area contributed by atoms with E-state index in [0.29, 0.717) is 5.56 Å². The Kier molecular flexibility index (Phi) is 4.71. The molecule has 2 aromatic carbocycles. The molecule has 0 N–H and O–H groups in total. The number of fused-ring (bicyclic) bond motifs is 1. The molecule has 0 radical (unpaired) electrons. The van der Waals surface area contributed by atoms with Gasteiger partial charge in [0.15, 0.2) is 0 Å². The van der Waals surface area contributed by atoms with Gasteiger partial charge in [-0.25, -0.2) is 9.97 Å². The third kappa shape index (κ3) is 3.09. The van der Waals surface area contributed by atoms with Crippen molar-refractivity contribution in [2.45, 2.75) is 40.2 Å². The highest BCUT2D eigenvalue weighted by atomic mass is 16.1. The van der Waals surface area contributed by atoms with Crippen LogP contribution in [-0.4, -0.2) is 22.3 Å². The molecule has 0 amide bonds. The number of benzene rings is 2.